The van der Waals surface area contributed by atoms with E-state index in [2.05, 4.69) is 27.7 Å². The van der Waals surface area contributed by atoms with Crippen LogP contribution in [0.4, 0.5) is 0 Å². The molecule has 118 valence electrons. The van der Waals surface area contributed by atoms with Gasteiger partial charge in [-0.15, -0.1) is 0 Å². The normalized spacial score (nSPS) is 26.4. The Morgan fingerprint density at radius 2 is 2.00 bits per heavy atom. The Labute approximate surface area is 131 Å². The Morgan fingerprint density at radius 1 is 1.18 bits per heavy atom. The van der Waals surface area contributed by atoms with Crippen LogP contribution in [0, 0.1) is 0 Å². The minimum atomic E-state index is -0.151. The number of nitrogens with zero attached hydrogens (tertiary/aromatic N) is 1. The van der Waals surface area contributed by atoms with Crippen molar-refractivity contribution in [3.8, 4) is 0 Å². The number of hydrogen-bond donors (Lipinski definition) is 2. The molecule has 1 aromatic carbocycles. The van der Waals surface area contributed by atoms with Crippen LogP contribution in [0.2, 0.25) is 0 Å². The Hall–Kier alpha value is -1.88. The van der Waals surface area contributed by atoms with Crippen molar-refractivity contribution in [3.05, 3.63) is 35.9 Å². The third kappa shape index (κ3) is 3.65. The van der Waals surface area contributed by atoms with Crippen molar-refractivity contribution < 1.29 is 9.59 Å². The van der Waals surface area contributed by atoms with Gasteiger partial charge in [0.2, 0.25) is 11.8 Å². The van der Waals surface area contributed by atoms with E-state index in [1.54, 1.807) is 0 Å². The SMILES string of the molecule is O=C1CC[C@@H](CN2CCCNC(=O)C2Cc2ccccc2)N1. The van der Waals surface area contributed by atoms with E-state index >= 15 is 0 Å². The maximum absolute atomic E-state index is 12.4. The molecule has 2 aliphatic heterocycles. The molecular formula is C17H23N3O2. The number of benzene rings is 1. The van der Waals surface area contributed by atoms with Crippen LogP contribution in [0.5, 0.6) is 0 Å². The van der Waals surface area contributed by atoms with Gasteiger partial charge >= 0.3 is 0 Å². The molecule has 0 aliphatic carbocycles. The molecule has 1 aromatic rings. The summed E-state index contributed by atoms with van der Waals surface area (Å²) in [6.07, 6.45) is 3.15. The first-order valence-electron chi connectivity index (χ1n) is 8.07. The molecule has 0 radical (unpaired) electrons. The van der Waals surface area contributed by atoms with Crippen molar-refractivity contribution in [1.82, 2.24) is 15.5 Å². The molecule has 2 saturated heterocycles. The molecule has 22 heavy (non-hydrogen) atoms. The van der Waals surface area contributed by atoms with Crippen LogP contribution in [0.25, 0.3) is 0 Å². The monoisotopic (exact) mass is 301 g/mol. The fourth-order valence-corrected chi connectivity index (χ4v) is 3.31. The summed E-state index contributed by atoms with van der Waals surface area (Å²) >= 11 is 0. The lowest BCUT2D eigenvalue weighted by atomic mass is 10.0. The number of rotatable bonds is 4. The predicted molar refractivity (Wildman–Crippen MR) is 84.3 cm³/mol. The highest BCUT2D eigenvalue weighted by atomic mass is 16.2. The average Bonchev–Trinajstić information content (AvgIpc) is 2.86. The van der Waals surface area contributed by atoms with Crippen LogP contribution in [0.3, 0.4) is 0 Å². The molecule has 0 bridgehead atoms. The molecule has 2 N–H and O–H groups in total. The third-order valence-electron chi connectivity index (χ3n) is 4.48. The zero-order chi connectivity index (χ0) is 15.4. The van der Waals surface area contributed by atoms with Gasteiger partial charge in [-0.2, -0.15) is 0 Å². The van der Waals surface area contributed by atoms with E-state index in [4.69, 9.17) is 0 Å². The zero-order valence-electron chi connectivity index (χ0n) is 12.8. The maximum atomic E-state index is 12.4. The lowest BCUT2D eigenvalue weighted by Gasteiger charge is -2.30. The molecule has 5 heteroatoms. The summed E-state index contributed by atoms with van der Waals surface area (Å²) in [5.41, 5.74) is 1.17. The predicted octanol–water partition coefficient (Wildman–Crippen LogP) is 0.698. The molecule has 2 heterocycles. The number of nitrogens with one attached hydrogen (secondary N) is 2. The van der Waals surface area contributed by atoms with Crippen LogP contribution in [0.15, 0.2) is 30.3 Å². The van der Waals surface area contributed by atoms with E-state index < -0.39 is 0 Å². The van der Waals surface area contributed by atoms with Crippen LogP contribution < -0.4 is 10.6 Å². The zero-order valence-corrected chi connectivity index (χ0v) is 12.8. The molecule has 3 rings (SSSR count). The van der Waals surface area contributed by atoms with Gasteiger partial charge in [0.1, 0.15) is 0 Å². The molecule has 2 atom stereocenters. The highest BCUT2D eigenvalue weighted by Crippen LogP contribution is 2.16. The van der Waals surface area contributed by atoms with Gasteiger partial charge in [0.15, 0.2) is 0 Å². The lowest BCUT2D eigenvalue weighted by molar-refractivity contribution is -0.125. The lowest BCUT2D eigenvalue weighted by Crippen LogP contribution is -2.49. The number of hydrogen-bond acceptors (Lipinski definition) is 3. The number of amides is 2. The molecule has 0 spiro atoms. The molecule has 2 fully saturated rings. The highest BCUT2D eigenvalue weighted by molar-refractivity contribution is 5.82. The van der Waals surface area contributed by atoms with Crippen LogP contribution in [0.1, 0.15) is 24.8 Å². The Balaban J connectivity index is 1.71. The summed E-state index contributed by atoms with van der Waals surface area (Å²) in [4.78, 5) is 26.1. The molecule has 2 aliphatic rings. The topological polar surface area (TPSA) is 61.4 Å². The summed E-state index contributed by atoms with van der Waals surface area (Å²) in [6, 6.07) is 10.2. The van der Waals surface area contributed by atoms with Gasteiger partial charge in [0.05, 0.1) is 6.04 Å². The molecular weight excluding hydrogens is 278 g/mol. The number of carbonyl (C=O) groups excluding carboxylic acids is 2. The van der Waals surface area contributed by atoms with Crippen LogP contribution >= 0.6 is 0 Å². The van der Waals surface area contributed by atoms with Gasteiger partial charge in [0, 0.05) is 32.1 Å². The first-order valence-corrected chi connectivity index (χ1v) is 8.07. The standard InChI is InChI=1S/C17H23N3O2/c21-16-8-7-14(19-16)12-20-10-4-9-18-17(22)15(20)11-13-5-2-1-3-6-13/h1-3,5-6,14-15H,4,7-12H2,(H,18,22)(H,19,21)/t14-,15?/m0/s1. The van der Waals surface area contributed by atoms with Crippen molar-refractivity contribution in [1.29, 1.82) is 0 Å². The summed E-state index contributed by atoms with van der Waals surface area (Å²) in [5.74, 6) is 0.231. The van der Waals surface area contributed by atoms with Gasteiger partial charge in [-0.25, -0.2) is 0 Å². The van der Waals surface area contributed by atoms with Crippen molar-refractivity contribution in [2.45, 2.75) is 37.8 Å². The van der Waals surface area contributed by atoms with E-state index in [9.17, 15) is 9.59 Å². The second kappa shape index (κ2) is 6.92. The van der Waals surface area contributed by atoms with Crippen molar-refractivity contribution in [2.24, 2.45) is 0 Å². The van der Waals surface area contributed by atoms with E-state index in [0.29, 0.717) is 12.8 Å². The van der Waals surface area contributed by atoms with E-state index in [1.807, 2.05) is 18.2 Å². The van der Waals surface area contributed by atoms with Crippen molar-refractivity contribution >= 4 is 11.8 Å². The first-order chi connectivity index (χ1) is 10.7. The molecule has 1 unspecified atom stereocenters. The first kappa shape index (κ1) is 15.0. The van der Waals surface area contributed by atoms with E-state index in [0.717, 1.165) is 32.5 Å². The second-order valence-electron chi connectivity index (χ2n) is 6.15. The largest absolute Gasteiger partial charge is 0.355 e. The molecule has 2 amide bonds. The number of carbonyl (C=O) groups is 2. The summed E-state index contributed by atoms with van der Waals surface area (Å²) in [6.45, 7) is 2.39. The summed E-state index contributed by atoms with van der Waals surface area (Å²) in [7, 11) is 0. The van der Waals surface area contributed by atoms with Gasteiger partial charge in [-0.05, 0) is 24.8 Å². The van der Waals surface area contributed by atoms with E-state index in [1.165, 1.54) is 5.56 Å². The minimum absolute atomic E-state index is 0.102. The van der Waals surface area contributed by atoms with Gasteiger partial charge < -0.3 is 10.6 Å². The van der Waals surface area contributed by atoms with Crippen molar-refractivity contribution in [3.63, 3.8) is 0 Å². The van der Waals surface area contributed by atoms with Crippen LogP contribution in [-0.2, 0) is 16.0 Å². The fraction of sp³-hybridized carbons (Fsp3) is 0.529. The summed E-state index contributed by atoms with van der Waals surface area (Å²) in [5, 5.41) is 6.02. The Bertz CT molecular complexity index is 532. The fourth-order valence-electron chi connectivity index (χ4n) is 3.31. The smallest absolute Gasteiger partial charge is 0.237 e. The third-order valence-corrected chi connectivity index (χ3v) is 4.48. The van der Waals surface area contributed by atoms with Crippen molar-refractivity contribution in [2.75, 3.05) is 19.6 Å². The Morgan fingerprint density at radius 3 is 2.73 bits per heavy atom. The van der Waals surface area contributed by atoms with Gasteiger partial charge in [-0.3, -0.25) is 14.5 Å². The van der Waals surface area contributed by atoms with Crippen LogP contribution in [-0.4, -0.2) is 48.4 Å². The summed E-state index contributed by atoms with van der Waals surface area (Å²) < 4.78 is 0. The minimum Gasteiger partial charge on any atom is -0.355 e. The maximum Gasteiger partial charge on any atom is 0.237 e. The second-order valence-corrected chi connectivity index (χ2v) is 6.15. The molecule has 0 aromatic heterocycles. The average molecular weight is 301 g/mol. The highest BCUT2D eigenvalue weighted by Gasteiger charge is 2.31. The van der Waals surface area contributed by atoms with Gasteiger partial charge in [0.25, 0.3) is 0 Å². The Kier molecular flexibility index (Phi) is 4.73. The van der Waals surface area contributed by atoms with E-state index in [-0.39, 0.29) is 23.9 Å². The van der Waals surface area contributed by atoms with Gasteiger partial charge in [-0.1, -0.05) is 30.3 Å². The molecule has 5 nitrogen and oxygen atoms in total. The molecule has 0 saturated carbocycles. The quantitative estimate of drug-likeness (QED) is 0.860.